The smallest absolute Gasteiger partial charge is 0.244 e. The lowest BCUT2D eigenvalue weighted by molar-refractivity contribution is -0.121. The van der Waals surface area contributed by atoms with Gasteiger partial charge in [-0.3, -0.25) is 4.79 Å². The maximum atomic E-state index is 12.9. The summed E-state index contributed by atoms with van der Waals surface area (Å²) >= 11 is 1.98. The van der Waals surface area contributed by atoms with Crippen LogP contribution in [0.5, 0.6) is 0 Å². The second-order valence-electron chi connectivity index (χ2n) is 4.64. The number of anilines is 1. The lowest BCUT2D eigenvalue weighted by atomic mass is 9.96. The van der Waals surface area contributed by atoms with Gasteiger partial charge in [-0.2, -0.15) is 0 Å². The first-order valence-electron chi connectivity index (χ1n) is 5.46. The second-order valence-corrected chi connectivity index (χ2v) is 5.80. The van der Waals surface area contributed by atoms with Crippen molar-refractivity contribution in [3.63, 3.8) is 0 Å². The third-order valence-electron chi connectivity index (χ3n) is 3.09. The number of rotatable bonds is 3. The molecule has 1 fully saturated rings. The Labute approximate surface area is 113 Å². The summed E-state index contributed by atoms with van der Waals surface area (Å²) in [6.45, 7) is 1.75. The molecule has 5 heteroatoms. The molecule has 1 aromatic carbocycles. The molecule has 1 aromatic rings. The van der Waals surface area contributed by atoms with Crippen molar-refractivity contribution in [3.05, 3.63) is 27.6 Å². The van der Waals surface area contributed by atoms with E-state index in [4.69, 9.17) is 5.73 Å². The Hall–Kier alpha value is -0.690. The summed E-state index contributed by atoms with van der Waals surface area (Å²) in [5.74, 6) is -0.254. The molecule has 0 aromatic heterocycles. The fourth-order valence-electron chi connectivity index (χ4n) is 1.72. The van der Waals surface area contributed by atoms with Crippen molar-refractivity contribution >= 4 is 34.2 Å². The topological polar surface area (TPSA) is 55.1 Å². The molecule has 92 valence electrons. The minimum atomic E-state index is -0.836. The minimum absolute atomic E-state index is 0.204. The van der Waals surface area contributed by atoms with Gasteiger partial charge < -0.3 is 11.1 Å². The number of nitrogens with one attached hydrogen (secondary N) is 1. The van der Waals surface area contributed by atoms with Gasteiger partial charge in [0.25, 0.3) is 0 Å². The van der Waals surface area contributed by atoms with Crippen LogP contribution in [0.1, 0.15) is 19.8 Å². The Bertz CT molecular complexity index is 458. The molecule has 0 radical (unpaired) electrons. The predicted octanol–water partition coefficient (Wildman–Crippen LogP) is 2.50. The lowest BCUT2D eigenvalue weighted by Crippen LogP contribution is -2.50. The molecule has 3 nitrogen and oxygen atoms in total. The average Bonchev–Trinajstić information content (AvgIpc) is 3.05. The molecule has 1 aliphatic rings. The molecule has 1 atom stereocenters. The molecule has 1 unspecified atom stereocenters. The number of benzene rings is 1. The number of nitrogens with two attached hydrogens (primary N) is 1. The zero-order chi connectivity index (χ0) is 12.6. The van der Waals surface area contributed by atoms with Gasteiger partial charge >= 0.3 is 0 Å². The van der Waals surface area contributed by atoms with Crippen molar-refractivity contribution in [1.29, 1.82) is 0 Å². The quantitative estimate of drug-likeness (QED) is 0.825. The first-order valence-corrected chi connectivity index (χ1v) is 6.54. The summed E-state index contributed by atoms with van der Waals surface area (Å²) in [6, 6.07) is 4.25. The van der Waals surface area contributed by atoms with Gasteiger partial charge in [0.2, 0.25) is 5.91 Å². The van der Waals surface area contributed by atoms with Crippen molar-refractivity contribution in [2.45, 2.75) is 25.3 Å². The Balaban J connectivity index is 2.12. The van der Waals surface area contributed by atoms with Crippen LogP contribution in [0.15, 0.2) is 18.2 Å². The molecule has 17 heavy (non-hydrogen) atoms. The number of hydrogen-bond acceptors (Lipinski definition) is 2. The van der Waals surface area contributed by atoms with Crippen molar-refractivity contribution < 1.29 is 9.18 Å². The molecular weight excluding hydrogens is 334 g/mol. The van der Waals surface area contributed by atoms with E-state index < -0.39 is 5.54 Å². The number of carbonyl (C=O) groups excluding carboxylic acids is 1. The summed E-state index contributed by atoms with van der Waals surface area (Å²) < 4.78 is 13.6. The second kappa shape index (κ2) is 4.53. The van der Waals surface area contributed by atoms with Crippen molar-refractivity contribution in [2.24, 2.45) is 11.7 Å². The molecule has 0 spiro atoms. The van der Waals surface area contributed by atoms with Gasteiger partial charge in [0.15, 0.2) is 0 Å². The Morgan fingerprint density at radius 1 is 1.59 bits per heavy atom. The van der Waals surface area contributed by atoms with Crippen LogP contribution in [0.2, 0.25) is 0 Å². The highest BCUT2D eigenvalue weighted by Crippen LogP contribution is 2.38. The van der Waals surface area contributed by atoms with E-state index in [1.54, 1.807) is 13.0 Å². The van der Waals surface area contributed by atoms with Gasteiger partial charge in [-0.1, -0.05) is 0 Å². The zero-order valence-electron chi connectivity index (χ0n) is 9.47. The molecule has 1 aliphatic carbocycles. The van der Waals surface area contributed by atoms with Crippen LogP contribution in [-0.4, -0.2) is 11.4 Å². The highest BCUT2D eigenvalue weighted by Gasteiger charge is 2.44. The molecule has 0 saturated heterocycles. The normalized spacial score (nSPS) is 18.6. The monoisotopic (exact) mass is 348 g/mol. The van der Waals surface area contributed by atoms with Crippen LogP contribution in [0.3, 0.4) is 0 Å². The molecule has 3 N–H and O–H groups in total. The molecule has 0 bridgehead atoms. The van der Waals surface area contributed by atoms with Crippen LogP contribution in [0.4, 0.5) is 10.1 Å². The van der Waals surface area contributed by atoms with Gasteiger partial charge in [0.05, 0.1) is 11.2 Å². The SMILES string of the molecule is CC(N)(C(=O)Nc1ccc(F)cc1I)C1CC1. The summed E-state index contributed by atoms with van der Waals surface area (Å²) in [4.78, 5) is 12.0. The Morgan fingerprint density at radius 3 is 2.76 bits per heavy atom. The third-order valence-corrected chi connectivity index (χ3v) is 3.99. The third kappa shape index (κ3) is 2.77. The summed E-state index contributed by atoms with van der Waals surface area (Å²) in [5, 5.41) is 2.76. The van der Waals surface area contributed by atoms with Crippen molar-refractivity contribution in [2.75, 3.05) is 5.32 Å². The Kier molecular flexibility index (Phi) is 3.40. The fraction of sp³-hybridized carbons (Fsp3) is 0.417. The summed E-state index contributed by atoms with van der Waals surface area (Å²) in [7, 11) is 0. The van der Waals surface area contributed by atoms with Gasteiger partial charge in [-0.15, -0.1) is 0 Å². The van der Waals surface area contributed by atoms with Crippen LogP contribution < -0.4 is 11.1 Å². The van der Waals surface area contributed by atoms with Gasteiger partial charge in [0.1, 0.15) is 5.82 Å². The van der Waals surface area contributed by atoms with Crippen LogP contribution >= 0.6 is 22.6 Å². The minimum Gasteiger partial charge on any atom is -0.324 e. The summed E-state index contributed by atoms with van der Waals surface area (Å²) in [5.41, 5.74) is 5.77. The van der Waals surface area contributed by atoms with E-state index in [0.29, 0.717) is 9.26 Å². The first kappa shape index (κ1) is 12.8. The van der Waals surface area contributed by atoms with E-state index in [9.17, 15) is 9.18 Å². The van der Waals surface area contributed by atoms with E-state index >= 15 is 0 Å². The number of carbonyl (C=O) groups is 1. The average molecular weight is 348 g/mol. The fourth-order valence-corrected chi connectivity index (χ4v) is 2.33. The highest BCUT2D eigenvalue weighted by molar-refractivity contribution is 14.1. The van der Waals surface area contributed by atoms with Gasteiger partial charge in [-0.25, -0.2) is 4.39 Å². The largest absolute Gasteiger partial charge is 0.324 e. The molecular formula is C12H14FIN2O. The van der Waals surface area contributed by atoms with Gasteiger partial charge in [0, 0.05) is 3.57 Å². The van der Waals surface area contributed by atoms with E-state index in [2.05, 4.69) is 5.32 Å². The predicted molar refractivity (Wildman–Crippen MR) is 73.1 cm³/mol. The molecule has 0 heterocycles. The highest BCUT2D eigenvalue weighted by atomic mass is 127. The first-order chi connectivity index (χ1) is 7.91. The van der Waals surface area contributed by atoms with Crippen LogP contribution in [0, 0.1) is 15.3 Å². The number of amides is 1. The Morgan fingerprint density at radius 2 is 2.24 bits per heavy atom. The van der Waals surface area contributed by atoms with Crippen LogP contribution in [0.25, 0.3) is 0 Å². The van der Waals surface area contributed by atoms with Crippen molar-refractivity contribution in [3.8, 4) is 0 Å². The zero-order valence-corrected chi connectivity index (χ0v) is 11.6. The standard InChI is InChI=1S/C12H14FIN2O/c1-12(15,7-2-3-7)11(17)16-10-5-4-8(13)6-9(10)14/h4-7H,2-3,15H2,1H3,(H,16,17). The van der Waals surface area contributed by atoms with Gasteiger partial charge in [-0.05, 0) is 66.5 Å². The molecule has 1 amide bonds. The van der Waals surface area contributed by atoms with E-state index in [-0.39, 0.29) is 17.6 Å². The summed E-state index contributed by atoms with van der Waals surface area (Å²) in [6.07, 6.45) is 2.00. The number of hydrogen-bond donors (Lipinski definition) is 2. The van der Waals surface area contributed by atoms with Crippen molar-refractivity contribution in [1.82, 2.24) is 0 Å². The molecule has 2 rings (SSSR count). The number of halogens is 2. The van der Waals surface area contributed by atoms with E-state index in [1.807, 2.05) is 22.6 Å². The molecule has 1 saturated carbocycles. The van der Waals surface area contributed by atoms with Crippen LogP contribution in [-0.2, 0) is 4.79 Å². The van der Waals surface area contributed by atoms with E-state index in [0.717, 1.165) is 12.8 Å². The molecule has 0 aliphatic heterocycles. The lowest BCUT2D eigenvalue weighted by Gasteiger charge is -2.23. The van der Waals surface area contributed by atoms with E-state index in [1.165, 1.54) is 12.1 Å². The maximum absolute atomic E-state index is 12.9. The maximum Gasteiger partial charge on any atom is 0.244 e.